The Morgan fingerprint density at radius 2 is 2.33 bits per heavy atom. The summed E-state index contributed by atoms with van der Waals surface area (Å²) in [6, 6.07) is 2.54. The number of nitrogens with one attached hydrogen (secondary N) is 1. The molecule has 2 nitrogen and oxygen atoms in total. The van der Waals surface area contributed by atoms with Gasteiger partial charge in [-0.1, -0.05) is 17.7 Å². The highest BCUT2D eigenvalue weighted by molar-refractivity contribution is 6.30. The average molecular weight is 221 g/mol. The largest absolute Gasteiger partial charge is 0.309 e. The number of hydrogen-bond acceptors (Lipinski definition) is 2. The minimum Gasteiger partial charge on any atom is -0.309 e. The van der Waals surface area contributed by atoms with Gasteiger partial charge in [0.15, 0.2) is 0 Å². The van der Waals surface area contributed by atoms with Crippen molar-refractivity contribution in [1.82, 2.24) is 10.3 Å². The molecule has 1 fully saturated rings. The van der Waals surface area contributed by atoms with Crippen molar-refractivity contribution in [2.45, 2.75) is 18.9 Å². The maximum Gasteiger partial charge on any atom is 0.0595 e. The van der Waals surface area contributed by atoms with Gasteiger partial charge in [-0.2, -0.15) is 0 Å². The fourth-order valence-electron chi connectivity index (χ4n) is 2.48. The summed E-state index contributed by atoms with van der Waals surface area (Å²) in [5.74, 6) is 0.823. The maximum atomic E-state index is 5.96. The number of rotatable bonds is 1. The summed E-state index contributed by atoms with van der Waals surface area (Å²) in [5, 5.41) is 4.19. The molecule has 3 rings (SSSR count). The van der Waals surface area contributed by atoms with Gasteiger partial charge in [-0.3, -0.25) is 4.98 Å². The van der Waals surface area contributed by atoms with Gasteiger partial charge in [0.25, 0.3) is 0 Å². The van der Waals surface area contributed by atoms with Crippen LogP contribution in [-0.2, 0) is 0 Å². The third kappa shape index (κ3) is 1.58. The van der Waals surface area contributed by atoms with Crippen LogP contribution < -0.4 is 5.32 Å². The lowest BCUT2D eigenvalue weighted by Gasteiger charge is -2.42. The number of nitrogens with zero attached hydrogens (tertiary/aromatic N) is 1. The summed E-state index contributed by atoms with van der Waals surface area (Å²) < 4.78 is 0. The summed E-state index contributed by atoms with van der Waals surface area (Å²) in [6.07, 6.45) is 8.40. The van der Waals surface area contributed by atoms with Crippen LogP contribution in [0, 0.1) is 5.92 Å². The van der Waals surface area contributed by atoms with Gasteiger partial charge in [0.05, 0.1) is 5.02 Å². The summed E-state index contributed by atoms with van der Waals surface area (Å²) in [6.45, 7) is 1.16. The zero-order valence-corrected chi connectivity index (χ0v) is 9.17. The van der Waals surface area contributed by atoms with Crippen molar-refractivity contribution < 1.29 is 0 Å². The number of fused-ring (bicyclic) bond motifs is 1. The quantitative estimate of drug-likeness (QED) is 0.787. The molecule has 2 aliphatic rings. The Morgan fingerprint density at radius 3 is 3.07 bits per heavy atom. The lowest BCUT2D eigenvalue weighted by molar-refractivity contribution is 0.262. The molecule has 0 radical (unpaired) electrons. The monoisotopic (exact) mass is 220 g/mol. The highest BCUT2D eigenvalue weighted by Crippen LogP contribution is 2.35. The molecule has 78 valence electrons. The first-order valence-electron chi connectivity index (χ1n) is 5.39. The van der Waals surface area contributed by atoms with Gasteiger partial charge < -0.3 is 5.32 Å². The van der Waals surface area contributed by atoms with Crippen LogP contribution in [0.1, 0.15) is 18.4 Å². The number of allylic oxidation sites excluding steroid dienone is 1. The van der Waals surface area contributed by atoms with Crippen molar-refractivity contribution in [3.8, 4) is 0 Å². The van der Waals surface area contributed by atoms with Crippen molar-refractivity contribution in [3.63, 3.8) is 0 Å². The molecule has 0 unspecified atom stereocenters. The van der Waals surface area contributed by atoms with Gasteiger partial charge in [-0.15, -0.1) is 0 Å². The fourth-order valence-corrected chi connectivity index (χ4v) is 2.66. The van der Waals surface area contributed by atoms with Crippen LogP contribution in [0.2, 0.25) is 5.02 Å². The molecule has 2 atom stereocenters. The van der Waals surface area contributed by atoms with E-state index in [4.69, 9.17) is 11.6 Å². The predicted octanol–water partition coefficient (Wildman–Crippen LogP) is 2.50. The third-order valence-electron chi connectivity index (χ3n) is 3.35. The van der Waals surface area contributed by atoms with Crippen LogP contribution in [-0.4, -0.2) is 17.6 Å². The summed E-state index contributed by atoms with van der Waals surface area (Å²) in [5.41, 5.74) is 2.55. The standard InChI is InChI=1S/C12H13ClN2/c13-10-4-9(5-14-7-10)11-3-1-2-8-6-15-12(8)11/h3-5,7-8,12,15H,1-2,6H2/t8-,12+/m0/s1. The van der Waals surface area contributed by atoms with E-state index < -0.39 is 0 Å². The van der Waals surface area contributed by atoms with E-state index in [1.54, 1.807) is 6.20 Å². The average Bonchev–Trinajstić information content (AvgIpc) is 2.19. The Bertz CT molecular complexity index is 414. The van der Waals surface area contributed by atoms with E-state index in [2.05, 4.69) is 16.4 Å². The number of halogens is 1. The minimum absolute atomic E-state index is 0.541. The van der Waals surface area contributed by atoms with Crippen LogP contribution in [0.4, 0.5) is 0 Å². The Morgan fingerprint density at radius 1 is 1.40 bits per heavy atom. The Kier molecular flexibility index (Phi) is 2.26. The molecule has 15 heavy (non-hydrogen) atoms. The van der Waals surface area contributed by atoms with E-state index in [1.807, 2.05) is 12.3 Å². The van der Waals surface area contributed by atoms with Crippen LogP contribution in [0.3, 0.4) is 0 Å². The Labute approximate surface area is 94.4 Å². The van der Waals surface area contributed by atoms with Crippen molar-refractivity contribution in [1.29, 1.82) is 0 Å². The second-order valence-electron chi connectivity index (χ2n) is 4.27. The van der Waals surface area contributed by atoms with Crippen molar-refractivity contribution in [2.75, 3.05) is 6.54 Å². The predicted molar refractivity (Wildman–Crippen MR) is 61.7 cm³/mol. The number of hydrogen-bond donors (Lipinski definition) is 1. The molecule has 0 saturated carbocycles. The summed E-state index contributed by atoms with van der Waals surface area (Å²) >= 11 is 5.96. The molecule has 2 heterocycles. The van der Waals surface area contributed by atoms with Crippen LogP contribution >= 0.6 is 11.6 Å². The third-order valence-corrected chi connectivity index (χ3v) is 3.55. The number of aromatic nitrogens is 1. The van der Waals surface area contributed by atoms with Gasteiger partial charge in [0, 0.05) is 25.0 Å². The lowest BCUT2D eigenvalue weighted by atomic mass is 9.76. The van der Waals surface area contributed by atoms with E-state index in [1.165, 1.54) is 24.0 Å². The molecule has 0 aromatic carbocycles. The first-order valence-corrected chi connectivity index (χ1v) is 5.77. The molecule has 0 spiro atoms. The summed E-state index contributed by atoms with van der Waals surface area (Å²) in [7, 11) is 0. The van der Waals surface area contributed by atoms with Crippen LogP contribution in [0.5, 0.6) is 0 Å². The normalized spacial score (nSPS) is 29.0. The molecule has 3 heteroatoms. The second-order valence-corrected chi connectivity index (χ2v) is 4.71. The molecule has 1 aromatic heterocycles. The maximum absolute atomic E-state index is 5.96. The van der Waals surface area contributed by atoms with E-state index >= 15 is 0 Å². The molecular formula is C12H13ClN2. The highest BCUT2D eigenvalue weighted by Gasteiger charge is 2.35. The van der Waals surface area contributed by atoms with E-state index in [0.29, 0.717) is 6.04 Å². The van der Waals surface area contributed by atoms with Crippen molar-refractivity contribution in [3.05, 3.63) is 35.1 Å². The summed E-state index contributed by atoms with van der Waals surface area (Å²) in [4.78, 5) is 4.14. The fraction of sp³-hybridized carbons (Fsp3) is 0.417. The van der Waals surface area contributed by atoms with Crippen LogP contribution in [0.25, 0.3) is 5.57 Å². The Hall–Kier alpha value is -0.860. The topological polar surface area (TPSA) is 24.9 Å². The molecular weight excluding hydrogens is 208 g/mol. The highest BCUT2D eigenvalue weighted by atomic mass is 35.5. The van der Waals surface area contributed by atoms with Gasteiger partial charge in [-0.25, -0.2) is 0 Å². The van der Waals surface area contributed by atoms with Crippen molar-refractivity contribution >= 4 is 17.2 Å². The number of pyridine rings is 1. The van der Waals surface area contributed by atoms with Crippen LogP contribution in [0.15, 0.2) is 24.5 Å². The van der Waals surface area contributed by atoms with Gasteiger partial charge in [0.1, 0.15) is 0 Å². The first-order chi connectivity index (χ1) is 7.34. The first kappa shape index (κ1) is 9.37. The lowest BCUT2D eigenvalue weighted by Crippen LogP contribution is -2.54. The SMILES string of the molecule is Clc1cncc(C2=CCC[C@H]3CN[C@@H]23)c1. The molecule has 1 aliphatic carbocycles. The smallest absolute Gasteiger partial charge is 0.0595 e. The zero-order chi connectivity index (χ0) is 10.3. The zero-order valence-electron chi connectivity index (χ0n) is 8.41. The molecule has 1 aromatic rings. The molecule has 1 aliphatic heterocycles. The van der Waals surface area contributed by atoms with Gasteiger partial charge in [0.2, 0.25) is 0 Å². The second kappa shape index (κ2) is 3.62. The van der Waals surface area contributed by atoms with E-state index in [0.717, 1.165) is 17.5 Å². The van der Waals surface area contributed by atoms with Crippen molar-refractivity contribution in [2.24, 2.45) is 5.92 Å². The van der Waals surface area contributed by atoms with Gasteiger partial charge >= 0.3 is 0 Å². The molecule has 1 saturated heterocycles. The molecule has 0 amide bonds. The minimum atomic E-state index is 0.541. The van der Waals surface area contributed by atoms with E-state index in [9.17, 15) is 0 Å². The molecule has 0 bridgehead atoms. The van der Waals surface area contributed by atoms with E-state index in [-0.39, 0.29) is 0 Å². The molecule has 1 N–H and O–H groups in total. The Balaban J connectivity index is 1.96. The van der Waals surface area contributed by atoms with Gasteiger partial charge in [-0.05, 0) is 36.0 Å².